The highest BCUT2D eigenvalue weighted by Gasteiger charge is 2.35. The third kappa shape index (κ3) is 2.62. The zero-order chi connectivity index (χ0) is 14.0. The maximum atomic E-state index is 9.70. The molecular formula is C17H15BrN2. The summed E-state index contributed by atoms with van der Waals surface area (Å²) in [6.07, 6.45) is 5.26. The van der Waals surface area contributed by atoms with E-state index in [0.29, 0.717) is 0 Å². The Bertz CT molecular complexity index is 657. The molecule has 0 fully saturated rings. The molecule has 1 unspecified atom stereocenters. The fraction of sp³-hybridized carbons (Fsp3) is 0.294. The van der Waals surface area contributed by atoms with E-state index in [4.69, 9.17) is 0 Å². The molecule has 0 bridgehead atoms. The Morgan fingerprint density at radius 3 is 2.70 bits per heavy atom. The van der Waals surface area contributed by atoms with Gasteiger partial charge in [-0.1, -0.05) is 24.3 Å². The van der Waals surface area contributed by atoms with Crippen LogP contribution >= 0.6 is 15.9 Å². The first-order chi connectivity index (χ1) is 9.71. The Hall–Kier alpha value is -1.66. The molecule has 0 spiro atoms. The Morgan fingerprint density at radius 1 is 1.20 bits per heavy atom. The number of nitriles is 1. The van der Waals surface area contributed by atoms with Gasteiger partial charge in [0.1, 0.15) is 0 Å². The van der Waals surface area contributed by atoms with Crippen molar-refractivity contribution in [1.29, 1.82) is 5.26 Å². The number of hydrogen-bond donors (Lipinski definition) is 0. The van der Waals surface area contributed by atoms with Crippen molar-refractivity contribution in [3.8, 4) is 6.07 Å². The van der Waals surface area contributed by atoms with Gasteiger partial charge in [0.15, 0.2) is 0 Å². The minimum Gasteiger partial charge on any atom is -0.260 e. The van der Waals surface area contributed by atoms with Crippen LogP contribution in [0.1, 0.15) is 23.2 Å². The molecule has 1 heterocycles. The van der Waals surface area contributed by atoms with Crippen LogP contribution in [0.25, 0.3) is 0 Å². The van der Waals surface area contributed by atoms with Gasteiger partial charge in [0.05, 0.1) is 11.5 Å². The van der Waals surface area contributed by atoms with E-state index in [2.05, 4.69) is 51.2 Å². The number of benzene rings is 1. The smallest absolute Gasteiger partial charge is 0.0697 e. The predicted molar refractivity (Wildman–Crippen MR) is 82.2 cm³/mol. The van der Waals surface area contributed by atoms with E-state index >= 15 is 0 Å². The van der Waals surface area contributed by atoms with Crippen LogP contribution in [0.4, 0.5) is 0 Å². The molecule has 0 radical (unpaired) electrons. The second kappa shape index (κ2) is 5.38. The molecule has 0 aliphatic heterocycles. The predicted octanol–water partition coefficient (Wildman–Crippen LogP) is 4.09. The Balaban J connectivity index is 1.87. The SMILES string of the molecule is N#CC1(Cc2ccc(Br)cn2)CCc2ccccc2C1. The topological polar surface area (TPSA) is 36.7 Å². The Labute approximate surface area is 127 Å². The molecule has 3 rings (SSSR count). The quantitative estimate of drug-likeness (QED) is 0.833. The lowest BCUT2D eigenvalue weighted by Gasteiger charge is -2.32. The van der Waals surface area contributed by atoms with E-state index in [1.165, 1.54) is 11.1 Å². The molecule has 3 heteroatoms. The highest BCUT2D eigenvalue weighted by atomic mass is 79.9. The largest absolute Gasteiger partial charge is 0.260 e. The number of pyridine rings is 1. The molecule has 1 aromatic heterocycles. The summed E-state index contributed by atoms with van der Waals surface area (Å²) in [5.41, 5.74) is 3.39. The van der Waals surface area contributed by atoms with Gasteiger partial charge in [0.2, 0.25) is 0 Å². The molecule has 1 atom stereocenters. The molecule has 0 saturated heterocycles. The molecule has 2 aromatic rings. The van der Waals surface area contributed by atoms with E-state index < -0.39 is 0 Å². The van der Waals surface area contributed by atoms with Crippen LogP contribution in [0, 0.1) is 16.7 Å². The summed E-state index contributed by atoms with van der Waals surface area (Å²) in [5.74, 6) is 0. The van der Waals surface area contributed by atoms with E-state index in [-0.39, 0.29) is 5.41 Å². The van der Waals surface area contributed by atoms with Crippen molar-refractivity contribution in [2.24, 2.45) is 5.41 Å². The summed E-state index contributed by atoms with van der Waals surface area (Å²) in [7, 11) is 0. The second-order valence-electron chi connectivity index (χ2n) is 5.48. The fourth-order valence-electron chi connectivity index (χ4n) is 2.94. The van der Waals surface area contributed by atoms with Crippen molar-refractivity contribution in [2.45, 2.75) is 25.7 Å². The first kappa shape index (κ1) is 13.3. The molecule has 1 aromatic carbocycles. The molecule has 0 saturated carbocycles. The molecular weight excluding hydrogens is 312 g/mol. The number of nitrogens with zero attached hydrogens (tertiary/aromatic N) is 2. The van der Waals surface area contributed by atoms with Crippen molar-refractivity contribution in [1.82, 2.24) is 4.98 Å². The zero-order valence-corrected chi connectivity index (χ0v) is 12.7. The van der Waals surface area contributed by atoms with Crippen molar-refractivity contribution in [3.63, 3.8) is 0 Å². The van der Waals surface area contributed by atoms with Crippen molar-refractivity contribution in [3.05, 3.63) is 63.9 Å². The standard InChI is InChI=1S/C17H15BrN2/c18-15-5-6-16(20-11-15)10-17(12-19)8-7-13-3-1-2-4-14(13)9-17/h1-6,11H,7-10H2. The summed E-state index contributed by atoms with van der Waals surface area (Å²) in [6.45, 7) is 0. The van der Waals surface area contributed by atoms with Gasteiger partial charge in [-0.05, 0) is 58.5 Å². The molecule has 1 aliphatic carbocycles. The number of aromatic nitrogens is 1. The summed E-state index contributed by atoms with van der Waals surface area (Å²) >= 11 is 3.40. The average molecular weight is 327 g/mol. The Kier molecular flexibility index (Phi) is 3.58. The lowest BCUT2D eigenvalue weighted by molar-refractivity contribution is 0.336. The lowest BCUT2D eigenvalue weighted by Crippen LogP contribution is -2.30. The van der Waals surface area contributed by atoms with Gasteiger partial charge in [-0.2, -0.15) is 5.26 Å². The number of fused-ring (bicyclic) bond motifs is 1. The van der Waals surface area contributed by atoms with Crippen molar-refractivity contribution < 1.29 is 0 Å². The highest BCUT2D eigenvalue weighted by molar-refractivity contribution is 9.10. The third-order valence-electron chi connectivity index (χ3n) is 4.07. The fourth-order valence-corrected chi connectivity index (χ4v) is 3.18. The molecule has 100 valence electrons. The van der Waals surface area contributed by atoms with Gasteiger partial charge in [-0.3, -0.25) is 4.98 Å². The van der Waals surface area contributed by atoms with Crippen molar-refractivity contribution >= 4 is 15.9 Å². The minimum absolute atomic E-state index is 0.310. The number of hydrogen-bond acceptors (Lipinski definition) is 2. The summed E-state index contributed by atoms with van der Waals surface area (Å²) in [5, 5.41) is 9.70. The van der Waals surface area contributed by atoms with Crippen LogP contribution in [-0.4, -0.2) is 4.98 Å². The first-order valence-electron chi connectivity index (χ1n) is 6.79. The van der Waals surface area contributed by atoms with Crippen molar-refractivity contribution in [2.75, 3.05) is 0 Å². The monoisotopic (exact) mass is 326 g/mol. The summed E-state index contributed by atoms with van der Waals surface area (Å²) < 4.78 is 0.973. The third-order valence-corrected chi connectivity index (χ3v) is 4.53. The molecule has 2 nitrogen and oxygen atoms in total. The number of halogens is 1. The minimum atomic E-state index is -0.310. The van der Waals surface area contributed by atoms with Crippen LogP contribution in [-0.2, 0) is 19.3 Å². The molecule has 0 amide bonds. The lowest BCUT2D eigenvalue weighted by atomic mass is 9.70. The van der Waals surface area contributed by atoms with E-state index in [0.717, 1.165) is 35.8 Å². The van der Waals surface area contributed by atoms with Crippen LogP contribution in [0.2, 0.25) is 0 Å². The van der Waals surface area contributed by atoms with Crippen LogP contribution < -0.4 is 0 Å². The second-order valence-corrected chi connectivity index (χ2v) is 6.40. The van der Waals surface area contributed by atoms with Crippen LogP contribution in [0.15, 0.2) is 47.1 Å². The number of aryl methyl sites for hydroxylation is 1. The van der Waals surface area contributed by atoms with Gasteiger partial charge in [-0.15, -0.1) is 0 Å². The van der Waals surface area contributed by atoms with Gasteiger partial charge in [0.25, 0.3) is 0 Å². The summed E-state index contributed by atoms with van der Waals surface area (Å²) in [6, 6.07) is 15.0. The van der Waals surface area contributed by atoms with E-state index in [1.54, 1.807) is 6.20 Å². The highest BCUT2D eigenvalue weighted by Crippen LogP contribution is 2.37. The van der Waals surface area contributed by atoms with Crippen LogP contribution in [0.3, 0.4) is 0 Å². The molecule has 20 heavy (non-hydrogen) atoms. The summed E-state index contributed by atoms with van der Waals surface area (Å²) in [4.78, 5) is 4.42. The van der Waals surface area contributed by atoms with Gasteiger partial charge < -0.3 is 0 Å². The van der Waals surface area contributed by atoms with Gasteiger partial charge in [0, 0.05) is 22.8 Å². The molecule has 1 aliphatic rings. The van der Waals surface area contributed by atoms with Gasteiger partial charge >= 0.3 is 0 Å². The Morgan fingerprint density at radius 2 is 2.00 bits per heavy atom. The van der Waals surface area contributed by atoms with E-state index in [1.807, 2.05) is 12.1 Å². The van der Waals surface area contributed by atoms with Crippen LogP contribution in [0.5, 0.6) is 0 Å². The maximum absolute atomic E-state index is 9.70. The number of rotatable bonds is 2. The maximum Gasteiger partial charge on any atom is 0.0697 e. The average Bonchev–Trinajstić information content (AvgIpc) is 2.49. The zero-order valence-electron chi connectivity index (χ0n) is 11.1. The molecule has 0 N–H and O–H groups in total. The normalized spacial score (nSPS) is 21.0. The first-order valence-corrected chi connectivity index (χ1v) is 7.59. The van der Waals surface area contributed by atoms with E-state index in [9.17, 15) is 5.26 Å². The van der Waals surface area contributed by atoms with Gasteiger partial charge in [-0.25, -0.2) is 0 Å².